The second-order valence-electron chi connectivity index (χ2n) is 5.85. The summed E-state index contributed by atoms with van der Waals surface area (Å²) >= 11 is 0. The first-order valence-electron chi connectivity index (χ1n) is 8.01. The van der Waals surface area contributed by atoms with Gasteiger partial charge in [0, 0.05) is 18.1 Å². The SMILES string of the molecule is O=C1CC(c2ccccc2)NN1c1nc(-c2ccccc2)cc(=O)[nH]1. The van der Waals surface area contributed by atoms with Gasteiger partial charge in [0.15, 0.2) is 0 Å². The van der Waals surface area contributed by atoms with Gasteiger partial charge in [-0.1, -0.05) is 60.7 Å². The van der Waals surface area contributed by atoms with Crippen molar-refractivity contribution in [1.82, 2.24) is 15.4 Å². The summed E-state index contributed by atoms with van der Waals surface area (Å²) in [4.78, 5) is 31.5. The first kappa shape index (κ1) is 15.3. The zero-order chi connectivity index (χ0) is 17.2. The number of anilines is 1. The van der Waals surface area contributed by atoms with Gasteiger partial charge in [0.2, 0.25) is 11.9 Å². The normalized spacial score (nSPS) is 17.0. The zero-order valence-electron chi connectivity index (χ0n) is 13.3. The Balaban J connectivity index is 1.67. The molecule has 2 N–H and O–H groups in total. The molecule has 2 heterocycles. The number of aromatic amines is 1. The second kappa shape index (κ2) is 6.33. The minimum atomic E-state index is -0.304. The molecule has 3 aromatic rings. The van der Waals surface area contributed by atoms with Crippen molar-refractivity contribution in [2.75, 3.05) is 5.01 Å². The average molecular weight is 332 g/mol. The van der Waals surface area contributed by atoms with E-state index in [1.807, 2.05) is 60.7 Å². The van der Waals surface area contributed by atoms with Crippen molar-refractivity contribution in [3.8, 4) is 11.3 Å². The summed E-state index contributed by atoms with van der Waals surface area (Å²) in [6.45, 7) is 0. The van der Waals surface area contributed by atoms with Gasteiger partial charge in [-0.15, -0.1) is 0 Å². The molecular weight excluding hydrogens is 316 g/mol. The minimum Gasteiger partial charge on any atom is -0.291 e. The molecule has 1 unspecified atom stereocenters. The minimum absolute atomic E-state index is 0.137. The lowest BCUT2D eigenvalue weighted by atomic mass is 10.1. The maximum absolute atomic E-state index is 12.4. The van der Waals surface area contributed by atoms with Gasteiger partial charge in [0.25, 0.3) is 5.56 Å². The maximum atomic E-state index is 12.4. The number of benzene rings is 2. The fourth-order valence-corrected chi connectivity index (χ4v) is 2.90. The number of nitrogens with one attached hydrogen (secondary N) is 2. The summed E-state index contributed by atoms with van der Waals surface area (Å²) in [5, 5.41) is 1.32. The summed E-state index contributed by atoms with van der Waals surface area (Å²) in [6, 6.07) is 20.4. The van der Waals surface area contributed by atoms with E-state index in [-0.39, 0.29) is 23.5 Å². The maximum Gasteiger partial charge on any atom is 0.252 e. The molecule has 25 heavy (non-hydrogen) atoms. The summed E-state index contributed by atoms with van der Waals surface area (Å²) < 4.78 is 0. The standard InChI is InChI=1S/C19H16N4O2/c24-17-11-15(13-7-3-1-4-8-13)20-19(21-17)23-18(25)12-16(22-23)14-9-5-2-6-10-14/h1-11,16,22H,12H2,(H,20,21,24). The van der Waals surface area contributed by atoms with Crippen LogP contribution in [0.1, 0.15) is 18.0 Å². The van der Waals surface area contributed by atoms with Crippen molar-refractivity contribution in [3.63, 3.8) is 0 Å². The zero-order valence-corrected chi connectivity index (χ0v) is 13.3. The Morgan fingerprint density at radius 2 is 1.64 bits per heavy atom. The number of hydrogen-bond acceptors (Lipinski definition) is 4. The first-order chi connectivity index (χ1) is 12.2. The molecule has 1 aliphatic heterocycles. The quantitative estimate of drug-likeness (QED) is 0.772. The van der Waals surface area contributed by atoms with Crippen LogP contribution >= 0.6 is 0 Å². The van der Waals surface area contributed by atoms with Crippen molar-refractivity contribution >= 4 is 11.9 Å². The third-order valence-electron chi connectivity index (χ3n) is 4.13. The highest BCUT2D eigenvalue weighted by molar-refractivity contribution is 5.93. The van der Waals surface area contributed by atoms with Crippen LogP contribution in [0.4, 0.5) is 5.95 Å². The Labute approximate surface area is 144 Å². The number of H-pyrrole nitrogens is 1. The molecular formula is C19H16N4O2. The highest BCUT2D eigenvalue weighted by Gasteiger charge is 2.32. The van der Waals surface area contributed by atoms with Crippen molar-refractivity contribution in [2.45, 2.75) is 12.5 Å². The Bertz CT molecular complexity index is 954. The van der Waals surface area contributed by atoms with Gasteiger partial charge in [-0.05, 0) is 5.56 Å². The largest absolute Gasteiger partial charge is 0.291 e. The molecule has 0 radical (unpaired) electrons. The number of hydrazine groups is 1. The lowest BCUT2D eigenvalue weighted by Gasteiger charge is -2.17. The van der Waals surface area contributed by atoms with Crippen LogP contribution < -0.4 is 16.0 Å². The van der Waals surface area contributed by atoms with Crippen molar-refractivity contribution in [1.29, 1.82) is 0 Å². The smallest absolute Gasteiger partial charge is 0.252 e. The molecule has 124 valence electrons. The lowest BCUT2D eigenvalue weighted by Crippen LogP contribution is -2.37. The Hall–Kier alpha value is -3.25. The fourth-order valence-electron chi connectivity index (χ4n) is 2.90. The molecule has 0 saturated carbocycles. The number of hydrogen-bond donors (Lipinski definition) is 2. The van der Waals surface area contributed by atoms with Crippen LogP contribution in [0.5, 0.6) is 0 Å². The summed E-state index contributed by atoms with van der Waals surface area (Å²) in [6.07, 6.45) is 0.309. The molecule has 1 amide bonds. The van der Waals surface area contributed by atoms with Crippen molar-refractivity contribution in [3.05, 3.63) is 82.6 Å². The summed E-state index contributed by atoms with van der Waals surface area (Å²) in [5.41, 5.74) is 5.19. The van der Waals surface area contributed by atoms with E-state index in [4.69, 9.17) is 0 Å². The molecule has 1 fully saturated rings. The monoisotopic (exact) mass is 332 g/mol. The molecule has 6 heteroatoms. The van der Waals surface area contributed by atoms with E-state index in [2.05, 4.69) is 15.4 Å². The molecule has 0 bridgehead atoms. The topological polar surface area (TPSA) is 78.1 Å². The number of nitrogens with zero attached hydrogens (tertiary/aromatic N) is 2. The number of carbonyl (C=O) groups is 1. The Morgan fingerprint density at radius 1 is 0.960 bits per heavy atom. The Kier molecular flexibility index (Phi) is 3.87. The van der Waals surface area contributed by atoms with Crippen LogP contribution in [-0.4, -0.2) is 15.9 Å². The van der Waals surface area contributed by atoms with Crippen LogP contribution in [0.2, 0.25) is 0 Å². The van der Waals surface area contributed by atoms with E-state index in [1.165, 1.54) is 11.1 Å². The third kappa shape index (κ3) is 3.07. The fraction of sp³-hybridized carbons (Fsp3) is 0.105. The third-order valence-corrected chi connectivity index (χ3v) is 4.13. The van der Waals surface area contributed by atoms with Gasteiger partial charge < -0.3 is 0 Å². The highest BCUT2D eigenvalue weighted by atomic mass is 16.2. The summed E-state index contributed by atoms with van der Waals surface area (Å²) in [7, 11) is 0. The molecule has 2 aromatic carbocycles. The predicted molar refractivity (Wildman–Crippen MR) is 94.7 cm³/mol. The number of amides is 1. The molecule has 4 rings (SSSR count). The molecule has 1 atom stereocenters. The highest BCUT2D eigenvalue weighted by Crippen LogP contribution is 2.26. The van der Waals surface area contributed by atoms with Gasteiger partial charge in [-0.25, -0.2) is 15.4 Å². The van der Waals surface area contributed by atoms with Crippen LogP contribution in [0.15, 0.2) is 71.5 Å². The van der Waals surface area contributed by atoms with Gasteiger partial charge in [-0.3, -0.25) is 14.6 Å². The van der Waals surface area contributed by atoms with E-state index in [0.29, 0.717) is 12.1 Å². The number of carbonyl (C=O) groups excluding carboxylic acids is 1. The van der Waals surface area contributed by atoms with Crippen molar-refractivity contribution < 1.29 is 4.79 Å². The molecule has 6 nitrogen and oxygen atoms in total. The molecule has 1 aliphatic rings. The van der Waals surface area contributed by atoms with Crippen LogP contribution in [0.25, 0.3) is 11.3 Å². The summed E-state index contributed by atoms with van der Waals surface area (Å²) in [5.74, 6) is 0.0667. The average Bonchev–Trinajstić information content (AvgIpc) is 3.04. The first-order valence-corrected chi connectivity index (χ1v) is 8.01. The van der Waals surface area contributed by atoms with Gasteiger partial charge in [0.05, 0.1) is 11.7 Å². The van der Waals surface area contributed by atoms with Crippen LogP contribution in [-0.2, 0) is 4.79 Å². The molecule has 1 saturated heterocycles. The van der Waals surface area contributed by atoms with Crippen molar-refractivity contribution in [2.24, 2.45) is 0 Å². The van der Waals surface area contributed by atoms with Crippen LogP contribution in [0.3, 0.4) is 0 Å². The predicted octanol–water partition coefficient (Wildman–Crippen LogP) is 2.42. The van der Waals surface area contributed by atoms with E-state index in [9.17, 15) is 9.59 Å². The lowest BCUT2D eigenvalue weighted by molar-refractivity contribution is -0.117. The van der Waals surface area contributed by atoms with E-state index in [0.717, 1.165) is 11.1 Å². The molecule has 0 aliphatic carbocycles. The Morgan fingerprint density at radius 3 is 2.36 bits per heavy atom. The van der Waals surface area contributed by atoms with Gasteiger partial charge in [-0.2, -0.15) is 0 Å². The molecule has 0 spiro atoms. The van der Waals surface area contributed by atoms with E-state index >= 15 is 0 Å². The van der Waals surface area contributed by atoms with Gasteiger partial charge in [0.1, 0.15) is 0 Å². The van der Waals surface area contributed by atoms with E-state index < -0.39 is 0 Å². The number of aromatic nitrogens is 2. The number of rotatable bonds is 3. The molecule has 1 aromatic heterocycles. The van der Waals surface area contributed by atoms with Crippen LogP contribution in [0, 0.1) is 0 Å². The second-order valence-corrected chi connectivity index (χ2v) is 5.85. The van der Waals surface area contributed by atoms with E-state index in [1.54, 1.807) is 0 Å². The van der Waals surface area contributed by atoms with Gasteiger partial charge >= 0.3 is 0 Å².